The molecule has 0 atom stereocenters. The van der Waals surface area contributed by atoms with E-state index in [9.17, 15) is 4.79 Å². The van der Waals surface area contributed by atoms with Gasteiger partial charge in [-0.3, -0.25) is 4.79 Å². The number of hydrogen-bond acceptors (Lipinski definition) is 5. The van der Waals surface area contributed by atoms with Crippen molar-refractivity contribution in [3.63, 3.8) is 0 Å². The first kappa shape index (κ1) is 10.8. The molecule has 0 saturated heterocycles. The van der Waals surface area contributed by atoms with Crippen molar-refractivity contribution >= 4 is 17.2 Å². The molecule has 2 aromatic rings. The van der Waals surface area contributed by atoms with Gasteiger partial charge in [0.15, 0.2) is 5.69 Å². The molecule has 2 heterocycles. The molecule has 5 nitrogen and oxygen atoms in total. The SMILES string of the molecule is Cc1nonc1C(=O)NCCc1cccs1. The Balaban J connectivity index is 1.83. The maximum Gasteiger partial charge on any atom is 0.275 e. The predicted molar refractivity (Wildman–Crippen MR) is 59.4 cm³/mol. The Morgan fingerprint density at radius 3 is 3.06 bits per heavy atom. The second kappa shape index (κ2) is 4.89. The quantitative estimate of drug-likeness (QED) is 0.873. The Labute approximate surface area is 96.4 Å². The van der Waals surface area contributed by atoms with Crippen LogP contribution in [0.25, 0.3) is 0 Å². The van der Waals surface area contributed by atoms with Crippen LogP contribution in [0.2, 0.25) is 0 Å². The molecule has 16 heavy (non-hydrogen) atoms. The fourth-order valence-electron chi connectivity index (χ4n) is 1.28. The van der Waals surface area contributed by atoms with Crippen molar-refractivity contribution in [2.75, 3.05) is 6.54 Å². The first-order chi connectivity index (χ1) is 7.77. The number of aryl methyl sites for hydroxylation is 1. The van der Waals surface area contributed by atoms with Gasteiger partial charge < -0.3 is 5.32 Å². The molecule has 0 bridgehead atoms. The lowest BCUT2D eigenvalue weighted by atomic mass is 10.3. The molecule has 84 valence electrons. The van der Waals surface area contributed by atoms with Gasteiger partial charge in [-0.2, -0.15) is 0 Å². The lowest BCUT2D eigenvalue weighted by Crippen LogP contribution is -2.26. The van der Waals surface area contributed by atoms with Crippen LogP contribution >= 0.6 is 11.3 Å². The van der Waals surface area contributed by atoms with Crippen molar-refractivity contribution in [1.82, 2.24) is 15.6 Å². The maximum absolute atomic E-state index is 11.6. The van der Waals surface area contributed by atoms with Crippen LogP contribution in [0.3, 0.4) is 0 Å². The normalized spacial score (nSPS) is 10.3. The van der Waals surface area contributed by atoms with E-state index in [-0.39, 0.29) is 11.6 Å². The minimum atomic E-state index is -0.240. The average molecular weight is 237 g/mol. The van der Waals surface area contributed by atoms with Crippen molar-refractivity contribution in [3.8, 4) is 0 Å². The molecule has 0 aromatic carbocycles. The highest BCUT2D eigenvalue weighted by molar-refractivity contribution is 7.09. The summed E-state index contributed by atoms with van der Waals surface area (Å²) in [5.41, 5.74) is 0.764. The van der Waals surface area contributed by atoms with Crippen LogP contribution in [-0.4, -0.2) is 22.8 Å². The van der Waals surface area contributed by atoms with E-state index in [1.165, 1.54) is 4.88 Å². The van der Waals surface area contributed by atoms with Crippen molar-refractivity contribution in [3.05, 3.63) is 33.8 Å². The third kappa shape index (κ3) is 2.46. The van der Waals surface area contributed by atoms with Gasteiger partial charge in [-0.15, -0.1) is 11.3 Å². The molecular formula is C10H11N3O2S. The second-order valence-corrected chi connectivity index (χ2v) is 4.32. The molecule has 0 fully saturated rings. The molecule has 1 N–H and O–H groups in total. The molecule has 0 aliphatic carbocycles. The van der Waals surface area contributed by atoms with Gasteiger partial charge in [0.05, 0.1) is 0 Å². The van der Waals surface area contributed by atoms with Gasteiger partial charge in [-0.05, 0) is 29.9 Å². The Bertz CT molecular complexity index is 464. The van der Waals surface area contributed by atoms with Gasteiger partial charge >= 0.3 is 0 Å². The summed E-state index contributed by atoms with van der Waals surface area (Å²) in [5.74, 6) is -0.240. The van der Waals surface area contributed by atoms with Gasteiger partial charge in [0.1, 0.15) is 5.69 Å². The Hall–Kier alpha value is -1.69. The lowest BCUT2D eigenvalue weighted by Gasteiger charge is -2.00. The molecule has 0 radical (unpaired) electrons. The third-order valence-electron chi connectivity index (χ3n) is 2.10. The molecule has 0 aliphatic heterocycles. The Kier molecular flexibility index (Phi) is 3.31. The van der Waals surface area contributed by atoms with Gasteiger partial charge in [-0.1, -0.05) is 11.2 Å². The summed E-state index contributed by atoms with van der Waals surface area (Å²) in [7, 11) is 0. The fraction of sp³-hybridized carbons (Fsp3) is 0.300. The van der Waals surface area contributed by atoms with Crippen molar-refractivity contribution < 1.29 is 9.42 Å². The van der Waals surface area contributed by atoms with Crippen molar-refractivity contribution in [2.24, 2.45) is 0 Å². The van der Waals surface area contributed by atoms with E-state index in [2.05, 4.69) is 20.3 Å². The van der Waals surface area contributed by atoms with E-state index in [4.69, 9.17) is 0 Å². The molecule has 2 aromatic heterocycles. The van der Waals surface area contributed by atoms with Crippen molar-refractivity contribution in [2.45, 2.75) is 13.3 Å². The number of rotatable bonds is 4. The average Bonchev–Trinajstić information content (AvgIpc) is 2.88. The van der Waals surface area contributed by atoms with Gasteiger partial charge in [-0.25, -0.2) is 4.63 Å². The molecule has 0 spiro atoms. The standard InChI is InChI=1S/C10H11N3O2S/c1-7-9(13-15-12-7)10(14)11-5-4-8-3-2-6-16-8/h2-3,6H,4-5H2,1H3,(H,11,14). The molecule has 0 unspecified atom stereocenters. The molecule has 6 heteroatoms. The zero-order chi connectivity index (χ0) is 11.4. The van der Waals surface area contributed by atoms with Gasteiger partial charge in [0.25, 0.3) is 5.91 Å². The summed E-state index contributed by atoms with van der Waals surface area (Å²) in [5, 5.41) is 11.9. The number of amides is 1. The summed E-state index contributed by atoms with van der Waals surface area (Å²) in [4.78, 5) is 12.8. The van der Waals surface area contributed by atoms with E-state index in [0.29, 0.717) is 12.2 Å². The maximum atomic E-state index is 11.6. The van der Waals surface area contributed by atoms with Crippen molar-refractivity contribution in [1.29, 1.82) is 0 Å². The second-order valence-electron chi connectivity index (χ2n) is 3.28. The summed E-state index contributed by atoms with van der Waals surface area (Å²) < 4.78 is 4.46. The number of thiophene rings is 1. The van der Waals surface area contributed by atoms with E-state index < -0.39 is 0 Å². The van der Waals surface area contributed by atoms with E-state index in [1.54, 1.807) is 18.3 Å². The van der Waals surface area contributed by atoms with E-state index in [1.807, 2.05) is 17.5 Å². The molecule has 1 amide bonds. The van der Waals surface area contributed by atoms with Crippen LogP contribution in [0, 0.1) is 6.92 Å². The topological polar surface area (TPSA) is 68.0 Å². The highest BCUT2D eigenvalue weighted by Gasteiger charge is 2.13. The van der Waals surface area contributed by atoms with Crippen LogP contribution in [0.15, 0.2) is 22.1 Å². The summed E-state index contributed by atoms with van der Waals surface area (Å²) in [6.07, 6.45) is 0.827. The van der Waals surface area contributed by atoms with Crippen LogP contribution in [0.1, 0.15) is 21.1 Å². The van der Waals surface area contributed by atoms with Gasteiger partial charge in [0.2, 0.25) is 0 Å². The number of nitrogens with zero attached hydrogens (tertiary/aromatic N) is 2. The summed E-state index contributed by atoms with van der Waals surface area (Å²) in [6.45, 7) is 2.27. The number of hydrogen-bond donors (Lipinski definition) is 1. The molecule has 0 aliphatic rings. The zero-order valence-electron chi connectivity index (χ0n) is 8.77. The highest BCUT2D eigenvalue weighted by Crippen LogP contribution is 2.08. The number of nitrogens with one attached hydrogen (secondary N) is 1. The first-order valence-electron chi connectivity index (χ1n) is 4.87. The van der Waals surface area contributed by atoms with E-state index >= 15 is 0 Å². The van der Waals surface area contributed by atoms with Crippen LogP contribution in [0.5, 0.6) is 0 Å². The lowest BCUT2D eigenvalue weighted by molar-refractivity contribution is 0.0944. The van der Waals surface area contributed by atoms with E-state index in [0.717, 1.165) is 6.42 Å². The largest absolute Gasteiger partial charge is 0.350 e. The Morgan fingerprint density at radius 2 is 2.44 bits per heavy atom. The third-order valence-corrected chi connectivity index (χ3v) is 3.04. The zero-order valence-corrected chi connectivity index (χ0v) is 9.58. The molecular weight excluding hydrogens is 226 g/mol. The molecule has 0 saturated carbocycles. The predicted octanol–water partition coefficient (Wildman–Crippen LogP) is 1.41. The monoisotopic (exact) mass is 237 g/mol. The van der Waals surface area contributed by atoms with Crippen LogP contribution < -0.4 is 5.32 Å². The minimum absolute atomic E-state index is 0.240. The van der Waals surface area contributed by atoms with Crippen LogP contribution in [-0.2, 0) is 6.42 Å². The number of aromatic nitrogens is 2. The number of carbonyl (C=O) groups excluding carboxylic acids is 1. The van der Waals surface area contributed by atoms with Gasteiger partial charge in [0, 0.05) is 11.4 Å². The summed E-state index contributed by atoms with van der Waals surface area (Å²) >= 11 is 1.68. The fourth-order valence-corrected chi connectivity index (χ4v) is 1.98. The molecule has 2 rings (SSSR count). The number of carbonyl (C=O) groups is 1. The summed E-state index contributed by atoms with van der Waals surface area (Å²) in [6, 6.07) is 4.03. The Morgan fingerprint density at radius 1 is 1.56 bits per heavy atom. The smallest absolute Gasteiger partial charge is 0.275 e. The minimum Gasteiger partial charge on any atom is -0.350 e. The van der Waals surface area contributed by atoms with Crippen LogP contribution in [0.4, 0.5) is 0 Å². The first-order valence-corrected chi connectivity index (χ1v) is 5.75. The highest BCUT2D eigenvalue weighted by atomic mass is 32.1.